The van der Waals surface area contributed by atoms with Crippen molar-refractivity contribution in [1.29, 1.82) is 0 Å². The van der Waals surface area contributed by atoms with Gasteiger partial charge in [-0.05, 0) is 13.8 Å². The van der Waals surface area contributed by atoms with Gasteiger partial charge in [-0.25, -0.2) is 0 Å². The van der Waals surface area contributed by atoms with Crippen molar-refractivity contribution in [3.8, 4) is 0 Å². The third-order valence-corrected chi connectivity index (χ3v) is 1.49. The van der Waals surface area contributed by atoms with E-state index in [9.17, 15) is 4.79 Å². The van der Waals surface area contributed by atoms with Crippen LogP contribution in [-0.4, -0.2) is 32.0 Å². The second-order valence-corrected chi connectivity index (χ2v) is 2.50. The summed E-state index contributed by atoms with van der Waals surface area (Å²) in [6, 6.07) is 0. The minimum atomic E-state index is -0.314. The van der Waals surface area contributed by atoms with Gasteiger partial charge in [0.05, 0.1) is 6.54 Å². The smallest absolute Gasteiger partial charge is 0.219 e. The van der Waals surface area contributed by atoms with Crippen LogP contribution in [0.1, 0.15) is 27.2 Å². The van der Waals surface area contributed by atoms with Crippen LogP contribution in [0.15, 0.2) is 0 Å². The largest absolute Gasteiger partial charge is 0.351 e. The van der Waals surface area contributed by atoms with Gasteiger partial charge in [-0.15, -0.1) is 0 Å². The summed E-state index contributed by atoms with van der Waals surface area (Å²) in [6.45, 7) is 7.21. The molecule has 0 rings (SSSR count). The monoisotopic (exact) mass is 189 g/mol. The van der Waals surface area contributed by atoms with Crippen molar-refractivity contribution >= 4 is 5.91 Å². The first-order chi connectivity index (χ1) is 6.24. The van der Waals surface area contributed by atoms with Crippen molar-refractivity contribution in [3.63, 3.8) is 0 Å². The molecule has 0 saturated carbocycles. The highest BCUT2D eigenvalue weighted by Gasteiger charge is 2.08. The number of carbonyl (C=O) groups is 1. The molecule has 0 fully saturated rings. The number of hydrogen-bond donors (Lipinski definition) is 1. The summed E-state index contributed by atoms with van der Waals surface area (Å²) in [5.74, 6) is 0.0180. The minimum Gasteiger partial charge on any atom is -0.351 e. The van der Waals surface area contributed by atoms with Gasteiger partial charge in [0.1, 0.15) is 0 Å². The number of carbonyl (C=O) groups excluding carboxylic acids is 1. The molecule has 0 aliphatic rings. The quantitative estimate of drug-likeness (QED) is 0.606. The molecule has 0 saturated heterocycles. The van der Waals surface area contributed by atoms with Gasteiger partial charge in [-0.2, -0.15) is 0 Å². The van der Waals surface area contributed by atoms with Gasteiger partial charge in [-0.3, -0.25) is 4.79 Å². The number of amides is 1. The van der Waals surface area contributed by atoms with Crippen LogP contribution in [0.2, 0.25) is 0 Å². The van der Waals surface area contributed by atoms with E-state index in [1.165, 1.54) is 0 Å². The van der Waals surface area contributed by atoms with Crippen LogP contribution in [-0.2, 0) is 14.3 Å². The Morgan fingerprint density at radius 3 is 2.15 bits per heavy atom. The maximum Gasteiger partial charge on any atom is 0.219 e. The molecule has 78 valence electrons. The summed E-state index contributed by atoms with van der Waals surface area (Å²) in [5.41, 5.74) is 0. The molecule has 0 aromatic rings. The highest BCUT2D eigenvalue weighted by atomic mass is 16.7. The van der Waals surface area contributed by atoms with Crippen LogP contribution >= 0.6 is 0 Å². The first-order valence-corrected chi connectivity index (χ1v) is 4.74. The van der Waals surface area contributed by atoms with Crippen LogP contribution < -0.4 is 5.32 Å². The van der Waals surface area contributed by atoms with Gasteiger partial charge < -0.3 is 14.8 Å². The van der Waals surface area contributed by atoms with Crippen molar-refractivity contribution in [2.45, 2.75) is 33.5 Å². The van der Waals surface area contributed by atoms with E-state index in [1.807, 2.05) is 20.8 Å². The van der Waals surface area contributed by atoms with Crippen LogP contribution in [0.4, 0.5) is 0 Å². The normalized spacial score (nSPS) is 10.5. The first kappa shape index (κ1) is 12.4. The van der Waals surface area contributed by atoms with Crippen molar-refractivity contribution < 1.29 is 14.3 Å². The zero-order chi connectivity index (χ0) is 10.1. The molecule has 0 unspecified atom stereocenters. The van der Waals surface area contributed by atoms with Crippen LogP contribution in [0, 0.1) is 0 Å². The standard InChI is InChI=1S/C9H19NO3/c1-4-8(11)10-7-9(12-5-2)13-6-3/h9H,4-7H2,1-3H3,(H,10,11). The number of hydrogen-bond acceptors (Lipinski definition) is 3. The lowest BCUT2D eigenvalue weighted by Crippen LogP contribution is -2.35. The minimum absolute atomic E-state index is 0.0180. The van der Waals surface area contributed by atoms with E-state index in [1.54, 1.807) is 0 Å². The van der Waals surface area contributed by atoms with Crippen LogP contribution in [0.5, 0.6) is 0 Å². The van der Waals surface area contributed by atoms with Crippen molar-refractivity contribution in [2.75, 3.05) is 19.8 Å². The highest BCUT2D eigenvalue weighted by molar-refractivity contribution is 5.75. The average molecular weight is 189 g/mol. The molecule has 4 nitrogen and oxygen atoms in total. The predicted molar refractivity (Wildman–Crippen MR) is 50.3 cm³/mol. The van der Waals surface area contributed by atoms with Crippen molar-refractivity contribution in [3.05, 3.63) is 0 Å². The van der Waals surface area contributed by atoms with E-state index in [2.05, 4.69) is 5.32 Å². The van der Waals surface area contributed by atoms with E-state index in [4.69, 9.17) is 9.47 Å². The van der Waals surface area contributed by atoms with Gasteiger partial charge in [0.2, 0.25) is 5.91 Å². The van der Waals surface area contributed by atoms with E-state index < -0.39 is 0 Å². The maximum atomic E-state index is 10.9. The van der Waals surface area contributed by atoms with E-state index in [0.29, 0.717) is 26.2 Å². The molecule has 1 amide bonds. The summed E-state index contributed by atoms with van der Waals surface area (Å²) in [4.78, 5) is 10.9. The summed E-state index contributed by atoms with van der Waals surface area (Å²) in [5, 5.41) is 2.71. The lowest BCUT2D eigenvalue weighted by molar-refractivity contribution is -0.140. The Morgan fingerprint density at radius 1 is 1.23 bits per heavy atom. The topological polar surface area (TPSA) is 47.6 Å². The van der Waals surface area contributed by atoms with Crippen molar-refractivity contribution in [2.24, 2.45) is 0 Å². The molecular formula is C9H19NO3. The average Bonchev–Trinajstić information content (AvgIpc) is 2.14. The van der Waals surface area contributed by atoms with Crippen LogP contribution in [0.25, 0.3) is 0 Å². The van der Waals surface area contributed by atoms with Gasteiger partial charge in [0.25, 0.3) is 0 Å². The number of rotatable bonds is 7. The molecule has 0 bridgehead atoms. The van der Waals surface area contributed by atoms with Gasteiger partial charge in [0.15, 0.2) is 6.29 Å². The van der Waals surface area contributed by atoms with Crippen LogP contribution in [0.3, 0.4) is 0 Å². The molecule has 1 N–H and O–H groups in total. The summed E-state index contributed by atoms with van der Waals surface area (Å²) in [7, 11) is 0. The molecule has 0 heterocycles. The predicted octanol–water partition coefficient (Wildman–Crippen LogP) is 0.912. The Bertz CT molecular complexity index is 133. The molecule has 0 atom stereocenters. The highest BCUT2D eigenvalue weighted by Crippen LogP contribution is 1.93. The van der Waals surface area contributed by atoms with Gasteiger partial charge in [-0.1, -0.05) is 6.92 Å². The third kappa shape index (κ3) is 6.54. The summed E-state index contributed by atoms with van der Waals surface area (Å²) < 4.78 is 10.5. The summed E-state index contributed by atoms with van der Waals surface area (Å²) >= 11 is 0. The van der Waals surface area contributed by atoms with Gasteiger partial charge in [0, 0.05) is 19.6 Å². The maximum absolute atomic E-state index is 10.9. The molecule has 0 aliphatic heterocycles. The Morgan fingerprint density at radius 2 is 1.77 bits per heavy atom. The Hall–Kier alpha value is -0.610. The lowest BCUT2D eigenvalue weighted by atomic mass is 10.4. The molecule has 0 spiro atoms. The fourth-order valence-electron chi connectivity index (χ4n) is 0.860. The first-order valence-electron chi connectivity index (χ1n) is 4.74. The molecule has 0 aliphatic carbocycles. The summed E-state index contributed by atoms with van der Waals surface area (Å²) in [6.07, 6.45) is 0.177. The Labute approximate surface area is 79.6 Å². The third-order valence-electron chi connectivity index (χ3n) is 1.49. The zero-order valence-corrected chi connectivity index (χ0v) is 8.63. The molecule has 0 radical (unpaired) electrons. The molecule has 4 heteroatoms. The molecule has 0 aromatic carbocycles. The molecular weight excluding hydrogens is 170 g/mol. The second kappa shape index (κ2) is 8.01. The second-order valence-electron chi connectivity index (χ2n) is 2.50. The van der Waals surface area contributed by atoms with E-state index in [0.717, 1.165) is 0 Å². The molecule has 13 heavy (non-hydrogen) atoms. The van der Waals surface area contributed by atoms with E-state index in [-0.39, 0.29) is 12.2 Å². The number of nitrogens with one attached hydrogen (secondary N) is 1. The fraction of sp³-hybridized carbons (Fsp3) is 0.889. The zero-order valence-electron chi connectivity index (χ0n) is 8.63. The van der Waals surface area contributed by atoms with Gasteiger partial charge >= 0.3 is 0 Å². The van der Waals surface area contributed by atoms with Crippen molar-refractivity contribution in [1.82, 2.24) is 5.32 Å². The molecule has 0 aromatic heterocycles. The Balaban J connectivity index is 3.61. The Kier molecular flexibility index (Phi) is 7.63. The SMILES string of the molecule is CCOC(CNC(=O)CC)OCC. The number of ether oxygens (including phenoxy) is 2. The van der Waals surface area contributed by atoms with E-state index >= 15 is 0 Å². The fourth-order valence-corrected chi connectivity index (χ4v) is 0.860. The lowest BCUT2D eigenvalue weighted by Gasteiger charge is -2.16.